The van der Waals surface area contributed by atoms with Gasteiger partial charge in [-0.1, -0.05) is 35.9 Å². The lowest BCUT2D eigenvalue weighted by molar-refractivity contribution is 0.0857. The molecular weight excluding hydrogens is 318 g/mol. The summed E-state index contributed by atoms with van der Waals surface area (Å²) >= 11 is 0. The zero-order chi connectivity index (χ0) is 18.0. The zero-order valence-corrected chi connectivity index (χ0v) is 16.2. The van der Waals surface area contributed by atoms with Crippen LogP contribution >= 0.6 is 0 Å². The van der Waals surface area contributed by atoms with Gasteiger partial charge in [0.2, 0.25) is 0 Å². The van der Waals surface area contributed by atoms with E-state index in [4.69, 9.17) is 4.98 Å². The van der Waals surface area contributed by atoms with Gasteiger partial charge in [-0.25, -0.2) is 0 Å². The first kappa shape index (κ1) is 17.7. The molecule has 0 bridgehead atoms. The van der Waals surface area contributed by atoms with Gasteiger partial charge in [-0.05, 0) is 69.3 Å². The Kier molecular flexibility index (Phi) is 5.10. The number of benzene rings is 1. The van der Waals surface area contributed by atoms with E-state index in [1.165, 1.54) is 62.3 Å². The van der Waals surface area contributed by atoms with Crippen LogP contribution in [0, 0.1) is 19.3 Å². The maximum Gasteiger partial charge on any atom is 0.0547 e. The molecule has 2 aliphatic rings. The normalized spacial score (nSPS) is 24.4. The molecule has 2 aliphatic heterocycles. The fourth-order valence-electron chi connectivity index (χ4n) is 4.93. The third-order valence-corrected chi connectivity index (χ3v) is 6.08. The first-order valence-corrected chi connectivity index (χ1v) is 10.0. The molecular formula is C23H31N3. The van der Waals surface area contributed by atoms with E-state index in [1.54, 1.807) is 0 Å². The molecule has 138 valence electrons. The molecule has 1 aromatic carbocycles. The Balaban J connectivity index is 1.38. The predicted molar refractivity (Wildman–Crippen MR) is 107 cm³/mol. The van der Waals surface area contributed by atoms with Crippen molar-refractivity contribution in [1.29, 1.82) is 0 Å². The SMILES string of the molecule is Cc1cccc(CN2CCC3(CCCN(Cc4cccc(C)n4)C3)C2)c1. The van der Waals surface area contributed by atoms with Gasteiger partial charge in [0.1, 0.15) is 0 Å². The summed E-state index contributed by atoms with van der Waals surface area (Å²) in [5.41, 5.74) is 5.66. The van der Waals surface area contributed by atoms with Crippen molar-refractivity contribution < 1.29 is 0 Å². The van der Waals surface area contributed by atoms with Crippen molar-refractivity contribution in [2.45, 2.75) is 46.2 Å². The zero-order valence-electron chi connectivity index (χ0n) is 16.2. The Morgan fingerprint density at radius 1 is 0.923 bits per heavy atom. The number of hydrogen-bond donors (Lipinski definition) is 0. The minimum atomic E-state index is 0.492. The van der Waals surface area contributed by atoms with E-state index in [0.717, 1.165) is 18.8 Å². The van der Waals surface area contributed by atoms with Crippen molar-refractivity contribution in [2.24, 2.45) is 5.41 Å². The summed E-state index contributed by atoms with van der Waals surface area (Å²) in [7, 11) is 0. The van der Waals surface area contributed by atoms with E-state index >= 15 is 0 Å². The van der Waals surface area contributed by atoms with Crippen LogP contribution in [0.25, 0.3) is 0 Å². The number of nitrogens with zero attached hydrogens (tertiary/aromatic N) is 3. The maximum absolute atomic E-state index is 4.71. The van der Waals surface area contributed by atoms with E-state index in [2.05, 4.69) is 66.1 Å². The molecule has 2 saturated heterocycles. The molecule has 3 nitrogen and oxygen atoms in total. The molecule has 3 heterocycles. The van der Waals surface area contributed by atoms with Crippen molar-refractivity contribution in [2.75, 3.05) is 26.2 Å². The second kappa shape index (κ2) is 7.50. The first-order chi connectivity index (χ1) is 12.6. The summed E-state index contributed by atoms with van der Waals surface area (Å²) in [6.45, 7) is 11.3. The molecule has 0 saturated carbocycles. The molecule has 4 rings (SSSR count). The molecule has 1 unspecified atom stereocenters. The van der Waals surface area contributed by atoms with Crippen molar-refractivity contribution in [3.63, 3.8) is 0 Å². The van der Waals surface area contributed by atoms with Gasteiger partial charge in [0.15, 0.2) is 0 Å². The summed E-state index contributed by atoms with van der Waals surface area (Å²) in [6, 6.07) is 15.4. The molecule has 0 amide bonds. The molecule has 1 atom stereocenters. The second-order valence-electron chi connectivity index (χ2n) is 8.53. The lowest BCUT2D eigenvalue weighted by Gasteiger charge is -2.40. The van der Waals surface area contributed by atoms with Gasteiger partial charge in [-0.2, -0.15) is 0 Å². The highest BCUT2D eigenvalue weighted by atomic mass is 15.2. The van der Waals surface area contributed by atoms with Gasteiger partial charge in [-0.15, -0.1) is 0 Å². The number of rotatable bonds is 4. The van der Waals surface area contributed by atoms with Gasteiger partial charge in [-0.3, -0.25) is 14.8 Å². The quantitative estimate of drug-likeness (QED) is 0.825. The van der Waals surface area contributed by atoms with Crippen LogP contribution in [0.15, 0.2) is 42.5 Å². The Bertz CT molecular complexity index is 757. The summed E-state index contributed by atoms with van der Waals surface area (Å²) in [5, 5.41) is 0. The van der Waals surface area contributed by atoms with Crippen LogP contribution in [0.3, 0.4) is 0 Å². The smallest absolute Gasteiger partial charge is 0.0547 e. The van der Waals surface area contributed by atoms with Crippen LogP contribution in [0.2, 0.25) is 0 Å². The van der Waals surface area contributed by atoms with E-state index in [9.17, 15) is 0 Å². The molecule has 0 N–H and O–H groups in total. The average Bonchev–Trinajstić information content (AvgIpc) is 2.97. The van der Waals surface area contributed by atoms with Gasteiger partial charge >= 0.3 is 0 Å². The van der Waals surface area contributed by atoms with Crippen molar-refractivity contribution in [3.8, 4) is 0 Å². The lowest BCUT2D eigenvalue weighted by atomic mass is 9.79. The van der Waals surface area contributed by atoms with Crippen molar-refractivity contribution in [1.82, 2.24) is 14.8 Å². The number of likely N-dealkylation sites (tertiary alicyclic amines) is 2. The molecule has 1 spiro atoms. The third kappa shape index (κ3) is 4.16. The topological polar surface area (TPSA) is 19.4 Å². The van der Waals surface area contributed by atoms with Crippen LogP contribution in [-0.2, 0) is 13.1 Å². The van der Waals surface area contributed by atoms with Gasteiger partial charge in [0, 0.05) is 31.9 Å². The van der Waals surface area contributed by atoms with Gasteiger partial charge < -0.3 is 0 Å². The number of aromatic nitrogens is 1. The Hall–Kier alpha value is -1.71. The molecule has 2 fully saturated rings. The fourth-order valence-corrected chi connectivity index (χ4v) is 4.93. The molecule has 3 heteroatoms. The van der Waals surface area contributed by atoms with E-state index < -0.39 is 0 Å². The largest absolute Gasteiger partial charge is 0.298 e. The van der Waals surface area contributed by atoms with Crippen LogP contribution < -0.4 is 0 Å². The van der Waals surface area contributed by atoms with Crippen molar-refractivity contribution in [3.05, 3.63) is 65.0 Å². The molecule has 2 aromatic rings. The fraction of sp³-hybridized carbons (Fsp3) is 0.522. The second-order valence-corrected chi connectivity index (χ2v) is 8.53. The highest BCUT2D eigenvalue weighted by Gasteiger charge is 2.41. The molecule has 0 radical (unpaired) electrons. The van der Waals surface area contributed by atoms with Crippen molar-refractivity contribution >= 4 is 0 Å². The molecule has 26 heavy (non-hydrogen) atoms. The Morgan fingerprint density at radius 3 is 2.54 bits per heavy atom. The minimum Gasteiger partial charge on any atom is -0.298 e. The summed E-state index contributed by atoms with van der Waals surface area (Å²) in [5.74, 6) is 0. The highest BCUT2D eigenvalue weighted by molar-refractivity contribution is 5.22. The minimum absolute atomic E-state index is 0.492. The van der Waals surface area contributed by atoms with E-state index in [0.29, 0.717) is 5.41 Å². The van der Waals surface area contributed by atoms with Gasteiger partial charge in [0.25, 0.3) is 0 Å². The number of hydrogen-bond acceptors (Lipinski definition) is 3. The maximum atomic E-state index is 4.71. The summed E-state index contributed by atoms with van der Waals surface area (Å²) in [6.07, 6.45) is 4.05. The van der Waals surface area contributed by atoms with Gasteiger partial charge in [0.05, 0.1) is 5.69 Å². The van der Waals surface area contributed by atoms with Crippen LogP contribution in [0.5, 0.6) is 0 Å². The summed E-state index contributed by atoms with van der Waals surface area (Å²) in [4.78, 5) is 10.0. The number of piperidine rings is 1. The average molecular weight is 350 g/mol. The highest BCUT2D eigenvalue weighted by Crippen LogP contribution is 2.39. The summed E-state index contributed by atoms with van der Waals surface area (Å²) < 4.78 is 0. The van der Waals surface area contributed by atoms with Crippen LogP contribution in [0.1, 0.15) is 41.8 Å². The Morgan fingerprint density at radius 2 is 1.73 bits per heavy atom. The first-order valence-electron chi connectivity index (χ1n) is 10.0. The monoisotopic (exact) mass is 349 g/mol. The van der Waals surface area contributed by atoms with Crippen LogP contribution in [0.4, 0.5) is 0 Å². The Labute approximate surface area is 158 Å². The molecule has 1 aromatic heterocycles. The third-order valence-electron chi connectivity index (χ3n) is 6.08. The lowest BCUT2D eigenvalue weighted by Crippen LogP contribution is -2.44. The van der Waals surface area contributed by atoms with E-state index in [1.807, 2.05) is 0 Å². The molecule has 0 aliphatic carbocycles. The number of pyridine rings is 1. The van der Waals surface area contributed by atoms with Crippen LogP contribution in [-0.4, -0.2) is 41.0 Å². The van der Waals surface area contributed by atoms with E-state index in [-0.39, 0.29) is 0 Å². The number of aryl methyl sites for hydroxylation is 2. The standard InChI is InChI=1S/C23H31N3/c1-19-6-3-8-21(14-19)15-26-13-11-23(18-26)10-5-12-25(17-23)16-22-9-4-7-20(2)24-22/h3-4,6-9,14H,5,10-13,15-18H2,1-2H3. The predicted octanol–water partition coefficient (Wildman–Crippen LogP) is 4.19.